The summed E-state index contributed by atoms with van der Waals surface area (Å²) in [6, 6.07) is 6.24. The lowest BCUT2D eigenvalue weighted by Crippen LogP contribution is -2.45. The van der Waals surface area contributed by atoms with Crippen molar-refractivity contribution in [2.75, 3.05) is 44.7 Å². The fourth-order valence-corrected chi connectivity index (χ4v) is 3.83. The van der Waals surface area contributed by atoms with E-state index in [1.807, 2.05) is 24.7 Å². The van der Waals surface area contributed by atoms with E-state index in [9.17, 15) is 0 Å². The summed E-state index contributed by atoms with van der Waals surface area (Å²) in [5, 5.41) is 8.18. The molecular weight excluding hydrogens is 411 g/mol. The number of anilines is 1. The molecule has 0 saturated carbocycles. The monoisotopic (exact) mass is 436 g/mol. The normalized spacial score (nSPS) is 16.7. The number of piperazine rings is 1. The Kier molecular flexibility index (Phi) is 6.79. The first-order valence-corrected chi connectivity index (χ1v) is 9.49. The van der Waals surface area contributed by atoms with E-state index in [0.717, 1.165) is 68.8 Å². The van der Waals surface area contributed by atoms with E-state index in [4.69, 9.17) is 10.1 Å². The Morgan fingerprint density at radius 3 is 2.62 bits per heavy atom. The molecule has 3 aromatic rings. The largest absolute Gasteiger partial charge is 0.352 e. The second-order valence-corrected chi connectivity index (χ2v) is 7.18. The lowest BCUT2D eigenvalue weighted by atomic mass is 10.2. The van der Waals surface area contributed by atoms with Crippen LogP contribution < -0.4 is 10.2 Å². The number of rotatable bonds is 3. The quantitative estimate of drug-likeness (QED) is 0.675. The van der Waals surface area contributed by atoms with E-state index in [1.165, 1.54) is 5.69 Å². The van der Waals surface area contributed by atoms with Crippen LogP contribution in [0.15, 0.2) is 36.8 Å². The van der Waals surface area contributed by atoms with Gasteiger partial charge in [0.15, 0.2) is 11.6 Å². The zero-order valence-corrected chi connectivity index (χ0v) is 18.0. The first kappa shape index (κ1) is 21.6. The van der Waals surface area contributed by atoms with Crippen LogP contribution >= 0.6 is 24.8 Å². The van der Waals surface area contributed by atoms with E-state index in [-0.39, 0.29) is 24.8 Å². The van der Waals surface area contributed by atoms with Crippen molar-refractivity contribution in [2.24, 2.45) is 0 Å². The van der Waals surface area contributed by atoms with E-state index in [0.29, 0.717) is 0 Å². The molecule has 0 aromatic carbocycles. The summed E-state index contributed by atoms with van der Waals surface area (Å²) >= 11 is 0. The first-order valence-electron chi connectivity index (χ1n) is 9.49. The Bertz CT molecular complexity index is 922. The highest BCUT2D eigenvalue weighted by atomic mass is 35.5. The van der Waals surface area contributed by atoms with Gasteiger partial charge in [-0.2, -0.15) is 5.10 Å². The lowest BCUT2D eigenvalue weighted by molar-refractivity contribution is 0.312. The summed E-state index contributed by atoms with van der Waals surface area (Å²) < 4.78 is 4.19. The summed E-state index contributed by atoms with van der Waals surface area (Å²) in [4.78, 5) is 14.0. The zero-order chi connectivity index (χ0) is 18.2. The number of nitrogens with one attached hydrogen (secondary N) is 1. The molecular formula is C19H26Cl2N8. The molecule has 5 heterocycles. The molecule has 8 nitrogen and oxygen atoms in total. The second kappa shape index (κ2) is 9.13. The zero-order valence-electron chi connectivity index (χ0n) is 16.4. The van der Waals surface area contributed by atoms with Gasteiger partial charge in [0.1, 0.15) is 5.69 Å². The highest BCUT2D eigenvalue weighted by Crippen LogP contribution is 2.28. The summed E-state index contributed by atoms with van der Waals surface area (Å²) in [5.74, 6) is 1.87. The van der Waals surface area contributed by atoms with Gasteiger partial charge in [0, 0.05) is 57.9 Å². The molecule has 2 aliphatic heterocycles. The lowest BCUT2D eigenvalue weighted by Gasteiger charge is -2.34. The van der Waals surface area contributed by atoms with Gasteiger partial charge in [-0.1, -0.05) is 0 Å². The molecule has 0 spiro atoms. The Morgan fingerprint density at radius 1 is 1.00 bits per heavy atom. The first-order chi connectivity index (χ1) is 13.3. The summed E-state index contributed by atoms with van der Waals surface area (Å²) in [6.07, 6.45) is 5.71. The highest BCUT2D eigenvalue weighted by molar-refractivity contribution is 5.85. The number of hydrogen-bond acceptors (Lipinski definition) is 6. The Morgan fingerprint density at radius 2 is 1.83 bits per heavy atom. The van der Waals surface area contributed by atoms with Crippen LogP contribution in [0.2, 0.25) is 0 Å². The van der Waals surface area contributed by atoms with Crippen LogP contribution in [0, 0.1) is 0 Å². The maximum absolute atomic E-state index is 4.78. The minimum atomic E-state index is 0. The number of pyridine rings is 1. The van der Waals surface area contributed by atoms with Gasteiger partial charge in [-0.15, -0.1) is 24.8 Å². The number of halogens is 2. The van der Waals surface area contributed by atoms with Crippen molar-refractivity contribution in [3.8, 4) is 17.2 Å². The highest BCUT2D eigenvalue weighted by Gasteiger charge is 2.22. The van der Waals surface area contributed by atoms with Gasteiger partial charge in [-0.25, -0.2) is 9.97 Å². The number of hydrogen-bond donors (Lipinski definition) is 1. The van der Waals surface area contributed by atoms with Gasteiger partial charge in [-0.05, 0) is 25.2 Å². The fraction of sp³-hybridized carbons (Fsp3) is 0.421. The van der Waals surface area contributed by atoms with Crippen LogP contribution in [0.4, 0.5) is 5.82 Å². The van der Waals surface area contributed by atoms with Crippen LogP contribution in [0.5, 0.6) is 0 Å². The van der Waals surface area contributed by atoms with Gasteiger partial charge in [0.05, 0.1) is 17.9 Å². The molecule has 10 heteroatoms. The molecule has 0 atom stereocenters. The number of imidazole rings is 1. The van der Waals surface area contributed by atoms with Crippen LogP contribution in [-0.2, 0) is 13.1 Å². The number of aromatic nitrogens is 5. The molecule has 29 heavy (non-hydrogen) atoms. The van der Waals surface area contributed by atoms with Gasteiger partial charge < -0.3 is 15.1 Å². The fourth-order valence-electron chi connectivity index (χ4n) is 3.83. The van der Waals surface area contributed by atoms with E-state index in [1.54, 1.807) is 0 Å². The van der Waals surface area contributed by atoms with Gasteiger partial charge in [0.2, 0.25) is 0 Å². The third-order valence-corrected chi connectivity index (χ3v) is 5.37. The van der Waals surface area contributed by atoms with Crippen molar-refractivity contribution in [1.29, 1.82) is 0 Å². The standard InChI is InChI=1S/C19H24N8.2ClH/c1-24-9-11-25(12-10-24)19-17(3-2-4-21-19)26-7-6-22-18(26)16-13-15-14-20-5-8-27(15)23-16;;/h2-4,6-7,13,20H,5,8-12,14H2,1H3;2*1H. The van der Waals surface area contributed by atoms with Crippen molar-refractivity contribution >= 4 is 30.6 Å². The minimum absolute atomic E-state index is 0. The summed E-state index contributed by atoms with van der Waals surface area (Å²) in [6.45, 7) is 6.77. The predicted octanol–water partition coefficient (Wildman–Crippen LogP) is 1.83. The van der Waals surface area contributed by atoms with Gasteiger partial charge in [-0.3, -0.25) is 9.25 Å². The molecule has 0 radical (unpaired) electrons. The van der Waals surface area contributed by atoms with Crippen LogP contribution in [0.3, 0.4) is 0 Å². The second-order valence-electron chi connectivity index (χ2n) is 7.18. The SMILES string of the molecule is CN1CCN(c2ncccc2-n2ccnc2-c2cc3n(n2)CCNC3)CC1.Cl.Cl. The average molecular weight is 437 g/mol. The van der Waals surface area contributed by atoms with Crippen LogP contribution in [0.1, 0.15) is 5.69 Å². The summed E-state index contributed by atoms with van der Waals surface area (Å²) in [7, 11) is 2.17. The molecule has 3 aromatic heterocycles. The van der Waals surface area contributed by atoms with Crippen molar-refractivity contribution in [3.05, 3.63) is 42.5 Å². The molecule has 0 amide bonds. The van der Waals surface area contributed by atoms with E-state index in [2.05, 4.69) is 48.5 Å². The Labute approximate surface area is 182 Å². The number of likely N-dealkylation sites (N-methyl/N-ethyl adjacent to an activating group) is 1. The Hall–Kier alpha value is -2.13. The van der Waals surface area contributed by atoms with Crippen molar-refractivity contribution in [2.45, 2.75) is 13.1 Å². The van der Waals surface area contributed by atoms with E-state index < -0.39 is 0 Å². The van der Waals surface area contributed by atoms with Gasteiger partial charge >= 0.3 is 0 Å². The third-order valence-electron chi connectivity index (χ3n) is 5.37. The van der Waals surface area contributed by atoms with Crippen LogP contribution in [0.25, 0.3) is 17.2 Å². The molecule has 5 rings (SSSR count). The maximum atomic E-state index is 4.78. The number of nitrogens with zero attached hydrogens (tertiary/aromatic N) is 7. The topological polar surface area (TPSA) is 67.0 Å². The van der Waals surface area contributed by atoms with Crippen LogP contribution in [-0.4, -0.2) is 69.0 Å². The average Bonchev–Trinajstić information content (AvgIpc) is 3.35. The molecule has 1 saturated heterocycles. The maximum Gasteiger partial charge on any atom is 0.165 e. The molecule has 1 N–H and O–H groups in total. The molecule has 156 valence electrons. The van der Waals surface area contributed by atoms with Crippen molar-refractivity contribution in [3.63, 3.8) is 0 Å². The molecule has 0 aliphatic carbocycles. The number of fused-ring (bicyclic) bond motifs is 1. The third kappa shape index (κ3) is 4.11. The predicted molar refractivity (Wildman–Crippen MR) is 118 cm³/mol. The Balaban J connectivity index is 0.00000120. The van der Waals surface area contributed by atoms with Gasteiger partial charge in [0.25, 0.3) is 0 Å². The molecule has 0 bridgehead atoms. The van der Waals surface area contributed by atoms with Crippen molar-refractivity contribution < 1.29 is 0 Å². The van der Waals surface area contributed by atoms with Crippen molar-refractivity contribution in [1.82, 2.24) is 34.5 Å². The smallest absolute Gasteiger partial charge is 0.165 e. The molecule has 0 unspecified atom stereocenters. The van der Waals surface area contributed by atoms with E-state index >= 15 is 0 Å². The molecule has 2 aliphatic rings. The molecule has 1 fully saturated rings. The summed E-state index contributed by atoms with van der Waals surface area (Å²) in [5.41, 5.74) is 3.17. The minimum Gasteiger partial charge on any atom is -0.352 e.